The summed E-state index contributed by atoms with van der Waals surface area (Å²) in [4.78, 5) is 39.3. The molecule has 1 aliphatic heterocycles. The van der Waals surface area contributed by atoms with Gasteiger partial charge in [0, 0.05) is 33.8 Å². The third kappa shape index (κ3) is 5.96. The van der Waals surface area contributed by atoms with Crippen molar-refractivity contribution < 1.29 is 24.0 Å². The Morgan fingerprint density at radius 3 is 2.49 bits per heavy atom. The Morgan fingerprint density at radius 1 is 1.09 bits per heavy atom. The fourth-order valence-electron chi connectivity index (χ4n) is 3.11. The molecule has 0 amide bonds. The number of nitro benzene ring substituents is 1. The Bertz CT molecular complexity index is 1410. The van der Waals surface area contributed by atoms with Crippen LogP contribution in [0, 0.1) is 17.0 Å². The van der Waals surface area contributed by atoms with Crippen molar-refractivity contribution in [3.8, 4) is 5.75 Å². The summed E-state index contributed by atoms with van der Waals surface area (Å²) in [6, 6.07) is 18.1. The highest BCUT2D eigenvalue weighted by atomic mass is 79.9. The number of hydrogen-bond acceptors (Lipinski definition) is 7. The zero-order valence-electron chi connectivity index (χ0n) is 18.3. The van der Waals surface area contributed by atoms with Crippen LogP contribution in [0.4, 0.5) is 5.69 Å². The van der Waals surface area contributed by atoms with E-state index < -0.39 is 16.9 Å². The standard InChI is InChI=1S/C26H17BrN2O6/c1-16-2-7-18(8-3-16)25-28-22(26(31)35-25)15-19-14-20(27)9-12-23(19)34-24(30)13-6-17-4-10-21(11-5-17)29(32)33/h2-15H,1H3/b13-6+,22-15-. The van der Waals surface area contributed by atoms with Gasteiger partial charge in [0.05, 0.1) is 4.92 Å². The number of rotatable bonds is 6. The summed E-state index contributed by atoms with van der Waals surface area (Å²) in [7, 11) is 0. The molecule has 0 unspecified atom stereocenters. The van der Waals surface area contributed by atoms with Gasteiger partial charge in [0.25, 0.3) is 5.69 Å². The van der Waals surface area contributed by atoms with Gasteiger partial charge in [-0.15, -0.1) is 0 Å². The SMILES string of the molecule is Cc1ccc(C2=N/C(=C\c3cc(Br)ccc3OC(=O)/C=C/c3ccc([N+](=O)[O-])cc3)C(=O)O2)cc1. The second kappa shape index (κ2) is 10.3. The van der Waals surface area contributed by atoms with Gasteiger partial charge in [-0.05, 0) is 67.1 Å². The molecule has 174 valence electrons. The van der Waals surface area contributed by atoms with Crippen molar-refractivity contribution >= 4 is 51.6 Å². The number of benzene rings is 3. The van der Waals surface area contributed by atoms with Crippen LogP contribution in [0.3, 0.4) is 0 Å². The van der Waals surface area contributed by atoms with Crippen molar-refractivity contribution in [2.75, 3.05) is 0 Å². The quantitative estimate of drug-likeness (QED) is 0.134. The van der Waals surface area contributed by atoms with Crippen LogP contribution in [-0.2, 0) is 14.3 Å². The molecular formula is C26H17BrN2O6. The van der Waals surface area contributed by atoms with Crippen LogP contribution in [0.5, 0.6) is 5.75 Å². The van der Waals surface area contributed by atoms with Gasteiger partial charge in [0.1, 0.15) is 5.75 Å². The van der Waals surface area contributed by atoms with E-state index in [9.17, 15) is 19.7 Å². The highest BCUT2D eigenvalue weighted by Crippen LogP contribution is 2.28. The van der Waals surface area contributed by atoms with Crippen molar-refractivity contribution in [2.24, 2.45) is 4.99 Å². The lowest BCUT2D eigenvalue weighted by Gasteiger charge is -2.06. The monoisotopic (exact) mass is 532 g/mol. The number of non-ortho nitro benzene ring substituents is 1. The molecule has 0 atom stereocenters. The minimum atomic E-state index is -0.664. The molecule has 0 spiro atoms. The molecule has 1 aliphatic rings. The molecule has 9 heteroatoms. The number of carbonyl (C=O) groups excluding carboxylic acids is 2. The number of cyclic esters (lactones) is 1. The molecule has 0 saturated carbocycles. The molecule has 4 rings (SSSR count). The van der Waals surface area contributed by atoms with Gasteiger partial charge in [-0.2, -0.15) is 0 Å². The fourth-order valence-corrected chi connectivity index (χ4v) is 3.49. The summed E-state index contributed by atoms with van der Waals surface area (Å²) in [5.74, 6) is -0.870. The van der Waals surface area contributed by atoms with E-state index in [0.29, 0.717) is 21.2 Å². The lowest BCUT2D eigenvalue weighted by molar-refractivity contribution is -0.384. The summed E-state index contributed by atoms with van der Waals surface area (Å²) >= 11 is 3.38. The van der Waals surface area contributed by atoms with Crippen LogP contribution in [0.1, 0.15) is 22.3 Å². The van der Waals surface area contributed by atoms with Crippen LogP contribution in [0.15, 0.2) is 88.0 Å². The first kappa shape index (κ1) is 23.8. The summed E-state index contributed by atoms with van der Waals surface area (Å²) in [6.45, 7) is 1.95. The normalized spacial score (nSPS) is 14.2. The maximum Gasteiger partial charge on any atom is 0.363 e. The minimum absolute atomic E-state index is 0.0455. The van der Waals surface area contributed by atoms with Crippen LogP contribution in [-0.4, -0.2) is 22.8 Å². The molecular weight excluding hydrogens is 516 g/mol. The summed E-state index contributed by atoms with van der Waals surface area (Å²) in [5.41, 5.74) is 2.80. The molecule has 8 nitrogen and oxygen atoms in total. The molecule has 0 radical (unpaired) electrons. The maximum absolute atomic E-state index is 12.4. The third-order valence-corrected chi connectivity index (χ3v) is 5.40. The van der Waals surface area contributed by atoms with Crippen molar-refractivity contribution in [3.05, 3.63) is 115 Å². The van der Waals surface area contributed by atoms with E-state index in [4.69, 9.17) is 9.47 Å². The van der Waals surface area contributed by atoms with Crippen molar-refractivity contribution in [1.82, 2.24) is 0 Å². The topological polar surface area (TPSA) is 108 Å². The summed E-state index contributed by atoms with van der Waals surface area (Å²) < 4.78 is 11.5. The molecule has 0 saturated heterocycles. The number of esters is 2. The molecule has 0 aromatic heterocycles. The molecule has 3 aromatic rings. The largest absolute Gasteiger partial charge is 0.423 e. The van der Waals surface area contributed by atoms with E-state index in [2.05, 4.69) is 20.9 Å². The van der Waals surface area contributed by atoms with E-state index >= 15 is 0 Å². The fraction of sp³-hybridized carbons (Fsp3) is 0.0385. The number of carbonyl (C=O) groups is 2. The van der Waals surface area contributed by atoms with E-state index in [1.165, 1.54) is 42.5 Å². The average Bonchev–Trinajstić information content (AvgIpc) is 3.20. The van der Waals surface area contributed by atoms with Gasteiger partial charge < -0.3 is 9.47 Å². The number of nitrogens with zero attached hydrogens (tertiary/aromatic N) is 2. The Balaban J connectivity index is 1.54. The molecule has 1 heterocycles. The van der Waals surface area contributed by atoms with Gasteiger partial charge >= 0.3 is 11.9 Å². The number of ether oxygens (including phenoxy) is 2. The molecule has 0 N–H and O–H groups in total. The first-order chi connectivity index (χ1) is 16.8. The number of nitro groups is 1. The zero-order chi connectivity index (χ0) is 24.9. The van der Waals surface area contributed by atoms with E-state index in [0.717, 1.165) is 5.56 Å². The third-order valence-electron chi connectivity index (χ3n) is 4.91. The Labute approximate surface area is 208 Å². The first-order valence-corrected chi connectivity index (χ1v) is 11.1. The lowest BCUT2D eigenvalue weighted by Crippen LogP contribution is -2.06. The van der Waals surface area contributed by atoms with Crippen LogP contribution in [0.2, 0.25) is 0 Å². The van der Waals surface area contributed by atoms with E-state index in [1.807, 2.05) is 31.2 Å². The van der Waals surface area contributed by atoms with Gasteiger partial charge in [0.15, 0.2) is 5.70 Å². The minimum Gasteiger partial charge on any atom is -0.423 e. The number of hydrogen-bond donors (Lipinski definition) is 0. The number of halogens is 1. The van der Waals surface area contributed by atoms with Crippen molar-refractivity contribution in [1.29, 1.82) is 0 Å². The van der Waals surface area contributed by atoms with Gasteiger partial charge in [-0.1, -0.05) is 33.6 Å². The van der Waals surface area contributed by atoms with Crippen molar-refractivity contribution in [2.45, 2.75) is 6.92 Å². The molecule has 0 aliphatic carbocycles. The maximum atomic E-state index is 12.4. The number of aliphatic imine (C=N–C) groups is 1. The summed E-state index contributed by atoms with van der Waals surface area (Å²) in [5, 5.41) is 10.8. The predicted octanol–water partition coefficient (Wildman–Crippen LogP) is 5.63. The van der Waals surface area contributed by atoms with Gasteiger partial charge in [-0.25, -0.2) is 14.6 Å². The van der Waals surface area contributed by atoms with Gasteiger partial charge in [-0.3, -0.25) is 10.1 Å². The Hall–Kier alpha value is -4.37. The van der Waals surface area contributed by atoms with Crippen molar-refractivity contribution in [3.63, 3.8) is 0 Å². The molecule has 3 aromatic carbocycles. The van der Waals surface area contributed by atoms with E-state index in [1.54, 1.807) is 18.2 Å². The summed E-state index contributed by atoms with van der Waals surface area (Å²) in [6.07, 6.45) is 4.17. The zero-order valence-corrected chi connectivity index (χ0v) is 19.9. The molecule has 0 bridgehead atoms. The highest BCUT2D eigenvalue weighted by Gasteiger charge is 2.24. The van der Waals surface area contributed by atoms with Crippen LogP contribution >= 0.6 is 15.9 Å². The number of aryl methyl sites for hydroxylation is 1. The Morgan fingerprint density at radius 2 is 1.80 bits per heavy atom. The lowest BCUT2D eigenvalue weighted by atomic mass is 10.1. The van der Waals surface area contributed by atoms with Crippen LogP contribution in [0.25, 0.3) is 12.2 Å². The molecule has 0 fully saturated rings. The second-order valence-electron chi connectivity index (χ2n) is 7.49. The molecule has 35 heavy (non-hydrogen) atoms. The van der Waals surface area contributed by atoms with Crippen LogP contribution < -0.4 is 4.74 Å². The second-order valence-corrected chi connectivity index (χ2v) is 8.40. The van der Waals surface area contributed by atoms with E-state index in [-0.39, 0.29) is 23.0 Å². The smallest absolute Gasteiger partial charge is 0.363 e. The Kier molecular flexibility index (Phi) is 6.98. The first-order valence-electron chi connectivity index (χ1n) is 10.3. The average molecular weight is 533 g/mol. The van der Waals surface area contributed by atoms with Gasteiger partial charge in [0.2, 0.25) is 5.90 Å². The predicted molar refractivity (Wildman–Crippen MR) is 134 cm³/mol. The highest BCUT2D eigenvalue weighted by molar-refractivity contribution is 9.10.